The maximum Gasteiger partial charge on any atom is 0.275 e. The minimum atomic E-state index is -0.610. The SMILES string of the molecule is CSc1nn(CC(=O)Nc2ncc(F)cn2)c(=O)c2ccc(Br)cc12. The van der Waals surface area contributed by atoms with Crippen LogP contribution in [0.1, 0.15) is 0 Å². The summed E-state index contributed by atoms with van der Waals surface area (Å²) < 4.78 is 14.7. The van der Waals surface area contributed by atoms with Crippen LogP contribution in [0.3, 0.4) is 0 Å². The number of nitrogens with zero attached hydrogens (tertiary/aromatic N) is 4. The lowest BCUT2D eigenvalue weighted by Crippen LogP contribution is -2.30. The predicted octanol–water partition coefficient (Wildman–Crippen LogP) is 2.45. The number of halogens is 2. The number of anilines is 1. The molecule has 128 valence electrons. The molecule has 0 bridgehead atoms. The number of fused-ring (bicyclic) bond motifs is 1. The molecule has 3 aromatic rings. The normalized spacial score (nSPS) is 10.8. The molecule has 10 heteroatoms. The fourth-order valence-corrected chi connectivity index (χ4v) is 3.09. The minimum absolute atomic E-state index is 0.0470. The second-order valence-corrected chi connectivity index (χ2v) is 6.65. The highest BCUT2D eigenvalue weighted by Gasteiger charge is 2.14. The van der Waals surface area contributed by atoms with E-state index in [2.05, 4.69) is 36.3 Å². The molecular weight excluding hydrogens is 413 g/mol. The van der Waals surface area contributed by atoms with Crippen LogP contribution in [0.4, 0.5) is 10.3 Å². The van der Waals surface area contributed by atoms with Gasteiger partial charge in [0.05, 0.1) is 17.8 Å². The molecule has 25 heavy (non-hydrogen) atoms. The second kappa shape index (κ2) is 7.28. The van der Waals surface area contributed by atoms with Crippen molar-refractivity contribution < 1.29 is 9.18 Å². The molecule has 0 aliphatic carbocycles. The molecule has 2 heterocycles. The molecule has 0 spiro atoms. The molecule has 2 aromatic heterocycles. The van der Waals surface area contributed by atoms with Crippen LogP contribution in [-0.4, -0.2) is 31.9 Å². The first kappa shape index (κ1) is 17.5. The zero-order valence-corrected chi connectivity index (χ0v) is 15.3. The highest BCUT2D eigenvalue weighted by molar-refractivity contribution is 9.10. The summed E-state index contributed by atoms with van der Waals surface area (Å²) in [6.07, 6.45) is 3.71. The lowest BCUT2D eigenvalue weighted by molar-refractivity contribution is -0.117. The Kier molecular flexibility index (Phi) is 5.09. The largest absolute Gasteiger partial charge is 0.293 e. The number of hydrogen-bond donors (Lipinski definition) is 1. The minimum Gasteiger partial charge on any atom is -0.293 e. The van der Waals surface area contributed by atoms with Gasteiger partial charge in [0.1, 0.15) is 11.6 Å². The van der Waals surface area contributed by atoms with Crippen molar-refractivity contribution in [1.29, 1.82) is 0 Å². The molecule has 7 nitrogen and oxygen atoms in total. The Balaban J connectivity index is 1.91. The van der Waals surface area contributed by atoms with Gasteiger partial charge in [-0.1, -0.05) is 15.9 Å². The summed E-state index contributed by atoms with van der Waals surface area (Å²) in [5, 5.41) is 8.44. The van der Waals surface area contributed by atoms with E-state index in [1.807, 2.05) is 12.3 Å². The van der Waals surface area contributed by atoms with Crippen molar-refractivity contribution in [3.05, 3.63) is 51.2 Å². The predicted molar refractivity (Wildman–Crippen MR) is 96.1 cm³/mol. The van der Waals surface area contributed by atoms with Gasteiger partial charge < -0.3 is 0 Å². The molecule has 1 N–H and O–H groups in total. The summed E-state index contributed by atoms with van der Waals surface area (Å²) in [6, 6.07) is 5.25. The molecule has 0 aliphatic heterocycles. The Morgan fingerprint density at radius 1 is 1.32 bits per heavy atom. The van der Waals surface area contributed by atoms with Crippen LogP contribution >= 0.6 is 27.7 Å². The van der Waals surface area contributed by atoms with Gasteiger partial charge in [0.25, 0.3) is 5.56 Å². The Morgan fingerprint density at radius 2 is 2.04 bits per heavy atom. The van der Waals surface area contributed by atoms with Gasteiger partial charge in [0.15, 0.2) is 5.82 Å². The number of hydrogen-bond acceptors (Lipinski definition) is 6. The Labute approximate surface area is 153 Å². The second-order valence-electron chi connectivity index (χ2n) is 4.94. The number of carbonyl (C=O) groups is 1. The molecule has 0 unspecified atom stereocenters. The average molecular weight is 424 g/mol. The fraction of sp³-hybridized carbons (Fsp3) is 0.133. The van der Waals surface area contributed by atoms with Gasteiger partial charge in [-0.25, -0.2) is 19.0 Å². The summed E-state index contributed by atoms with van der Waals surface area (Å²) >= 11 is 4.74. The van der Waals surface area contributed by atoms with Crippen LogP contribution in [0.15, 0.2) is 44.9 Å². The maximum atomic E-state index is 12.8. The van der Waals surface area contributed by atoms with E-state index in [4.69, 9.17) is 0 Å². The number of benzene rings is 1. The van der Waals surface area contributed by atoms with Gasteiger partial charge in [-0.15, -0.1) is 11.8 Å². The van der Waals surface area contributed by atoms with Crippen LogP contribution < -0.4 is 10.9 Å². The van der Waals surface area contributed by atoms with Gasteiger partial charge in [0.2, 0.25) is 11.9 Å². The lowest BCUT2D eigenvalue weighted by Gasteiger charge is -2.10. The van der Waals surface area contributed by atoms with Crippen molar-refractivity contribution >= 4 is 50.3 Å². The van der Waals surface area contributed by atoms with Gasteiger partial charge in [-0.2, -0.15) is 5.10 Å². The first-order valence-corrected chi connectivity index (χ1v) is 9.01. The van der Waals surface area contributed by atoms with E-state index in [9.17, 15) is 14.0 Å². The zero-order chi connectivity index (χ0) is 18.0. The first-order valence-electron chi connectivity index (χ1n) is 6.99. The van der Waals surface area contributed by atoms with Gasteiger partial charge >= 0.3 is 0 Å². The molecule has 0 atom stereocenters. The molecule has 0 saturated heterocycles. The number of nitrogens with one attached hydrogen (secondary N) is 1. The molecule has 0 radical (unpaired) electrons. The van der Waals surface area contributed by atoms with Crippen molar-refractivity contribution in [2.45, 2.75) is 11.6 Å². The molecule has 0 fully saturated rings. The Hall–Kier alpha value is -2.33. The van der Waals surface area contributed by atoms with Crippen LogP contribution in [-0.2, 0) is 11.3 Å². The highest BCUT2D eigenvalue weighted by atomic mass is 79.9. The van der Waals surface area contributed by atoms with Gasteiger partial charge in [-0.3, -0.25) is 14.9 Å². The summed E-state index contributed by atoms with van der Waals surface area (Å²) in [5.41, 5.74) is -0.379. The summed E-state index contributed by atoms with van der Waals surface area (Å²) in [4.78, 5) is 31.9. The first-order chi connectivity index (χ1) is 12.0. The fourth-order valence-electron chi connectivity index (χ4n) is 2.16. The highest BCUT2D eigenvalue weighted by Crippen LogP contribution is 2.24. The van der Waals surface area contributed by atoms with E-state index in [1.165, 1.54) is 11.8 Å². The molecule has 0 saturated carbocycles. The third-order valence-corrected chi connectivity index (χ3v) is 4.43. The van der Waals surface area contributed by atoms with E-state index in [0.717, 1.165) is 21.5 Å². The molecule has 0 aliphatic rings. The average Bonchev–Trinajstić information content (AvgIpc) is 2.59. The Morgan fingerprint density at radius 3 is 2.72 bits per heavy atom. The quantitative estimate of drug-likeness (QED) is 0.648. The number of rotatable bonds is 4. The smallest absolute Gasteiger partial charge is 0.275 e. The summed E-state index contributed by atoms with van der Waals surface area (Å²) in [6.45, 7) is -0.306. The molecular formula is C15H11BrFN5O2S. The third kappa shape index (κ3) is 3.85. The van der Waals surface area contributed by atoms with Crippen molar-refractivity contribution in [1.82, 2.24) is 19.7 Å². The molecule has 1 aromatic carbocycles. The third-order valence-electron chi connectivity index (χ3n) is 3.25. The van der Waals surface area contributed by atoms with Crippen LogP contribution in [0.5, 0.6) is 0 Å². The van der Waals surface area contributed by atoms with Gasteiger partial charge in [0, 0.05) is 9.86 Å². The summed E-state index contributed by atoms with van der Waals surface area (Å²) in [5.74, 6) is -1.19. The van der Waals surface area contributed by atoms with E-state index < -0.39 is 11.7 Å². The molecule has 3 rings (SSSR count). The Bertz CT molecular complexity index is 1010. The van der Waals surface area contributed by atoms with Crippen molar-refractivity contribution in [3.63, 3.8) is 0 Å². The summed E-state index contributed by atoms with van der Waals surface area (Å²) in [7, 11) is 0. The van der Waals surface area contributed by atoms with Crippen molar-refractivity contribution in [2.75, 3.05) is 11.6 Å². The van der Waals surface area contributed by atoms with Crippen LogP contribution in [0.2, 0.25) is 0 Å². The zero-order valence-electron chi connectivity index (χ0n) is 12.9. The van der Waals surface area contributed by atoms with Crippen molar-refractivity contribution in [2.24, 2.45) is 0 Å². The van der Waals surface area contributed by atoms with Crippen molar-refractivity contribution in [3.8, 4) is 0 Å². The van der Waals surface area contributed by atoms with E-state index in [0.29, 0.717) is 15.8 Å². The number of amides is 1. The molecule has 1 amide bonds. The van der Waals surface area contributed by atoms with Crippen LogP contribution in [0.25, 0.3) is 10.8 Å². The number of carbonyl (C=O) groups excluding carboxylic acids is 1. The van der Waals surface area contributed by atoms with E-state index in [-0.39, 0.29) is 18.1 Å². The van der Waals surface area contributed by atoms with Crippen LogP contribution in [0, 0.1) is 5.82 Å². The van der Waals surface area contributed by atoms with E-state index >= 15 is 0 Å². The number of aromatic nitrogens is 4. The topological polar surface area (TPSA) is 89.8 Å². The maximum absolute atomic E-state index is 12.8. The van der Waals surface area contributed by atoms with E-state index in [1.54, 1.807) is 12.1 Å². The van der Waals surface area contributed by atoms with Gasteiger partial charge in [-0.05, 0) is 24.5 Å². The number of thioether (sulfide) groups is 1. The standard InChI is InChI=1S/C15H11BrFN5O2S/c1-25-13-11-4-8(16)2-3-10(11)14(24)22(21-13)7-12(23)20-15-18-5-9(17)6-19-15/h2-6H,7H2,1H3,(H,18,19,20,23). The lowest BCUT2D eigenvalue weighted by atomic mass is 10.2. The monoisotopic (exact) mass is 423 g/mol.